The zero-order valence-electron chi connectivity index (χ0n) is 14.7. The van der Waals surface area contributed by atoms with Gasteiger partial charge in [-0.25, -0.2) is 0 Å². The number of aromatic hydroxyl groups is 1. The molecule has 0 amide bonds. The highest BCUT2D eigenvalue weighted by Crippen LogP contribution is 2.35. The molecule has 0 heterocycles. The van der Waals surface area contributed by atoms with E-state index in [2.05, 4.69) is 63.3 Å². The fourth-order valence-electron chi connectivity index (χ4n) is 2.91. The highest BCUT2D eigenvalue weighted by atomic mass is 16.3. The Labute approximate surface area is 140 Å². The molecule has 0 radical (unpaired) electrons. The summed E-state index contributed by atoms with van der Waals surface area (Å²) in [5.41, 5.74) is 3.57. The van der Waals surface area contributed by atoms with Gasteiger partial charge in [0.15, 0.2) is 0 Å². The van der Waals surface area contributed by atoms with Crippen LogP contribution in [0.2, 0.25) is 0 Å². The number of phenols is 1. The second-order valence-electron chi connectivity index (χ2n) is 6.83. The molecule has 2 N–H and O–H groups in total. The molecule has 0 fully saturated rings. The van der Waals surface area contributed by atoms with Crippen molar-refractivity contribution in [3.63, 3.8) is 0 Å². The summed E-state index contributed by atoms with van der Waals surface area (Å²) in [6.07, 6.45) is 0.970. The number of hydrogen-bond acceptors (Lipinski definition) is 2. The normalized spacial score (nSPS) is 12.8. The van der Waals surface area contributed by atoms with Gasteiger partial charge in [0.05, 0.1) is 0 Å². The maximum absolute atomic E-state index is 10.4. The van der Waals surface area contributed by atoms with E-state index < -0.39 is 0 Å². The van der Waals surface area contributed by atoms with Crippen LogP contribution in [0.4, 0.5) is 0 Å². The van der Waals surface area contributed by atoms with Gasteiger partial charge in [-0.3, -0.25) is 0 Å². The molecule has 1 atom stereocenters. The van der Waals surface area contributed by atoms with E-state index in [-0.39, 0.29) is 5.92 Å². The van der Waals surface area contributed by atoms with Gasteiger partial charge in [0, 0.05) is 17.5 Å². The molecule has 2 rings (SSSR count). The third kappa shape index (κ3) is 4.84. The lowest BCUT2D eigenvalue weighted by atomic mass is 9.86. The smallest absolute Gasteiger partial charge is 0.119 e. The molecule has 0 aliphatic heterocycles. The Morgan fingerprint density at radius 3 is 2.22 bits per heavy atom. The van der Waals surface area contributed by atoms with Crippen LogP contribution in [0, 0.1) is 0 Å². The lowest BCUT2D eigenvalue weighted by Crippen LogP contribution is -2.25. The summed E-state index contributed by atoms with van der Waals surface area (Å²) in [5.74, 6) is 1.06. The number of benzene rings is 2. The maximum Gasteiger partial charge on any atom is 0.119 e. The molecule has 0 saturated heterocycles. The number of phenolic OH excluding ortho intramolecular Hbond substituents is 1. The maximum atomic E-state index is 10.4. The summed E-state index contributed by atoms with van der Waals surface area (Å²) >= 11 is 0. The summed E-state index contributed by atoms with van der Waals surface area (Å²) in [6.45, 7) is 9.63. The second-order valence-corrected chi connectivity index (χ2v) is 6.83. The lowest BCUT2D eigenvalue weighted by Gasteiger charge is -2.21. The van der Waals surface area contributed by atoms with Gasteiger partial charge in [-0.05, 0) is 36.1 Å². The number of nitrogens with one attached hydrogen (secondary N) is 1. The van der Waals surface area contributed by atoms with Crippen molar-refractivity contribution in [2.24, 2.45) is 0 Å². The van der Waals surface area contributed by atoms with Crippen molar-refractivity contribution in [1.82, 2.24) is 5.32 Å². The topological polar surface area (TPSA) is 32.3 Å². The van der Waals surface area contributed by atoms with E-state index in [0.29, 0.717) is 17.7 Å². The van der Waals surface area contributed by atoms with Gasteiger partial charge in [0.2, 0.25) is 0 Å². The SMILES string of the molecule is CC(C)NCC[C@@H](c1ccccc1)c1cc(C(C)C)ccc1O. The fraction of sp³-hybridized carbons (Fsp3) is 0.429. The van der Waals surface area contributed by atoms with Crippen LogP contribution in [0.5, 0.6) is 5.75 Å². The van der Waals surface area contributed by atoms with Crippen LogP contribution in [-0.4, -0.2) is 17.7 Å². The summed E-state index contributed by atoms with van der Waals surface area (Å²) in [4.78, 5) is 0. The van der Waals surface area contributed by atoms with Crippen LogP contribution in [0.25, 0.3) is 0 Å². The highest BCUT2D eigenvalue weighted by molar-refractivity contribution is 5.44. The molecule has 0 saturated carbocycles. The third-order valence-electron chi connectivity index (χ3n) is 4.28. The number of rotatable bonds is 7. The van der Waals surface area contributed by atoms with E-state index in [1.807, 2.05) is 18.2 Å². The first-order valence-electron chi connectivity index (χ1n) is 8.60. The standard InChI is InChI=1S/C21H29NO/c1-15(2)18-10-11-21(23)20(14-18)19(12-13-22-16(3)4)17-8-6-5-7-9-17/h5-11,14-16,19,22-23H,12-13H2,1-4H3/t19-/m0/s1. The molecule has 0 bridgehead atoms. The summed E-state index contributed by atoms with van der Waals surface area (Å²) in [7, 11) is 0. The Bertz CT molecular complexity index is 604. The Balaban J connectivity index is 2.35. The molecule has 0 aliphatic rings. The van der Waals surface area contributed by atoms with Crippen molar-refractivity contribution in [1.29, 1.82) is 0 Å². The average molecular weight is 311 g/mol. The Morgan fingerprint density at radius 1 is 0.913 bits per heavy atom. The first-order chi connectivity index (χ1) is 11.0. The Kier molecular flexibility index (Phi) is 6.23. The molecule has 2 heteroatoms. The van der Waals surface area contributed by atoms with Crippen LogP contribution in [0.15, 0.2) is 48.5 Å². The van der Waals surface area contributed by atoms with Crippen molar-refractivity contribution in [2.75, 3.05) is 6.54 Å². The van der Waals surface area contributed by atoms with Crippen molar-refractivity contribution in [3.8, 4) is 5.75 Å². The van der Waals surface area contributed by atoms with Crippen molar-refractivity contribution in [2.45, 2.75) is 52.0 Å². The quantitative estimate of drug-likeness (QED) is 0.751. The molecular formula is C21H29NO. The zero-order chi connectivity index (χ0) is 16.8. The van der Waals surface area contributed by atoms with Crippen LogP contribution < -0.4 is 5.32 Å². The van der Waals surface area contributed by atoms with Crippen LogP contribution in [0.1, 0.15) is 62.6 Å². The Hall–Kier alpha value is -1.80. The zero-order valence-corrected chi connectivity index (χ0v) is 14.7. The molecule has 23 heavy (non-hydrogen) atoms. The summed E-state index contributed by atoms with van der Waals surface area (Å²) in [6, 6.07) is 17.0. The average Bonchev–Trinajstić information content (AvgIpc) is 2.53. The monoisotopic (exact) mass is 311 g/mol. The van der Waals surface area contributed by atoms with E-state index in [1.54, 1.807) is 0 Å². The minimum Gasteiger partial charge on any atom is -0.508 e. The number of hydrogen-bond donors (Lipinski definition) is 2. The van der Waals surface area contributed by atoms with Gasteiger partial charge in [-0.2, -0.15) is 0 Å². The minimum absolute atomic E-state index is 0.209. The van der Waals surface area contributed by atoms with E-state index in [4.69, 9.17) is 0 Å². The van der Waals surface area contributed by atoms with Gasteiger partial charge < -0.3 is 10.4 Å². The predicted octanol–water partition coefficient (Wildman–Crippen LogP) is 5.04. The van der Waals surface area contributed by atoms with Crippen LogP contribution in [0.3, 0.4) is 0 Å². The molecule has 124 valence electrons. The van der Waals surface area contributed by atoms with E-state index >= 15 is 0 Å². The van der Waals surface area contributed by atoms with E-state index in [1.165, 1.54) is 11.1 Å². The third-order valence-corrected chi connectivity index (χ3v) is 4.28. The largest absolute Gasteiger partial charge is 0.508 e. The molecule has 2 aromatic rings. The van der Waals surface area contributed by atoms with Crippen molar-refractivity contribution < 1.29 is 5.11 Å². The second kappa shape index (κ2) is 8.16. The van der Waals surface area contributed by atoms with Gasteiger partial charge in [0.1, 0.15) is 5.75 Å². The summed E-state index contributed by atoms with van der Waals surface area (Å²) in [5, 5.41) is 13.9. The highest BCUT2D eigenvalue weighted by Gasteiger charge is 2.18. The molecule has 0 aliphatic carbocycles. The van der Waals surface area contributed by atoms with E-state index in [9.17, 15) is 5.11 Å². The van der Waals surface area contributed by atoms with Crippen molar-refractivity contribution in [3.05, 3.63) is 65.2 Å². The summed E-state index contributed by atoms with van der Waals surface area (Å²) < 4.78 is 0. The van der Waals surface area contributed by atoms with Crippen LogP contribution >= 0.6 is 0 Å². The first-order valence-corrected chi connectivity index (χ1v) is 8.60. The van der Waals surface area contributed by atoms with Gasteiger partial charge >= 0.3 is 0 Å². The minimum atomic E-state index is 0.209. The van der Waals surface area contributed by atoms with Crippen LogP contribution in [-0.2, 0) is 0 Å². The lowest BCUT2D eigenvalue weighted by molar-refractivity contribution is 0.459. The molecule has 0 aromatic heterocycles. The molecule has 0 unspecified atom stereocenters. The first kappa shape index (κ1) is 17.6. The van der Waals surface area contributed by atoms with Crippen molar-refractivity contribution >= 4 is 0 Å². The molecular weight excluding hydrogens is 282 g/mol. The van der Waals surface area contributed by atoms with E-state index in [0.717, 1.165) is 18.5 Å². The Morgan fingerprint density at radius 2 is 1.61 bits per heavy atom. The van der Waals surface area contributed by atoms with Gasteiger partial charge in [-0.15, -0.1) is 0 Å². The fourth-order valence-corrected chi connectivity index (χ4v) is 2.91. The van der Waals surface area contributed by atoms with Gasteiger partial charge in [0.25, 0.3) is 0 Å². The molecule has 2 nitrogen and oxygen atoms in total. The molecule has 0 spiro atoms. The molecule has 2 aromatic carbocycles. The predicted molar refractivity (Wildman–Crippen MR) is 98.2 cm³/mol. The van der Waals surface area contributed by atoms with Gasteiger partial charge in [-0.1, -0.05) is 70.2 Å².